The predicted octanol–water partition coefficient (Wildman–Crippen LogP) is 0.945. The predicted molar refractivity (Wildman–Crippen MR) is 48.1 cm³/mol. The van der Waals surface area contributed by atoms with Gasteiger partial charge in [0.15, 0.2) is 0 Å². The van der Waals surface area contributed by atoms with Crippen molar-refractivity contribution in [3.63, 3.8) is 0 Å². The van der Waals surface area contributed by atoms with Gasteiger partial charge in [-0.05, 0) is 11.1 Å². The summed E-state index contributed by atoms with van der Waals surface area (Å²) in [6.07, 6.45) is 0. The van der Waals surface area contributed by atoms with Gasteiger partial charge in [0.2, 0.25) is 0 Å². The van der Waals surface area contributed by atoms with Gasteiger partial charge in [-0.1, -0.05) is 24.3 Å². The molecule has 0 unspecified atom stereocenters. The standard InChI is InChI=1S/C8H10FNO2S/c9-13(11,12)6-8-3-1-2-7(4-8)5-10/h1-4H,5-6,10H2. The Morgan fingerprint density at radius 1 is 1.31 bits per heavy atom. The van der Waals surface area contributed by atoms with E-state index < -0.39 is 16.0 Å². The number of halogens is 1. The Hall–Kier alpha value is -0.940. The van der Waals surface area contributed by atoms with E-state index in [0.29, 0.717) is 12.1 Å². The van der Waals surface area contributed by atoms with E-state index >= 15 is 0 Å². The summed E-state index contributed by atoms with van der Waals surface area (Å²) in [6, 6.07) is 6.55. The molecule has 0 saturated carbocycles. The maximum atomic E-state index is 12.3. The second-order valence-corrected chi connectivity index (χ2v) is 4.07. The zero-order chi connectivity index (χ0) is 9.90. The monoisotopic (exact) mass is 203 g/mol. The second-order valence-electron chi connectivity index (χ2n) is 2.71. The highest BCUT2D eigenvalue weighted by molar-refractivity contribution is 7.85. The average molecular weight is 203 g/mol. The molecule has 13 heavy (non-hydrogen) atoms. The number of hydrogen-bond donors (Lipinski definition) is 1. The summed E-state index contributed by atoms with van der Waals surface area (Å²) in [6.45, 7) is 0.320. The van der Waals surface area contributed by atoms with Crippen molar-refractivity contribution >= 4 is 10.2 Å². The summed E-state index contributed by atoms with van der Waals surface area (Å²) in [7, 11) is -4.44. The molecule has 1 rings (SSSR count). The van der Waals surface area contributed by atoms with Crippen LogP contribution in [0.5, 0.6) is 0 Å². The van der Waals surface area contributed by atoms with Crippen LogP contribution in [0, 0.1) is 0 Å². The molecular weight excluding hydrogens is 193 g/mol. The summed E-state index contributed by atoms with van der Waals surface area (Å²) >= 11 is 0. The van der Waals surface area contributed by atoms with Gasteiger partial charge in [-0.15, -0.1) is 3.89 Å². The first-order valence-electron chi connectivity index (χ1n) is 3.71. The molecule has 0 spiro atoms. The van der Waals surface area contributed by atoms with Crippen molar-refractivity contribution in [1.82, 2.24) is 0 Å². The molecule has 0 bridgehead atoms. The lowest BCUT2D eigenvalue weighted by molar-refractivity contribution is 0.551. The fourth-order valence-electron chi connectivity index (χ4n) is 1.05. The van der Waals surface area contributed by atoms with Gasteiger partial charge >= 0.3 is 10.2 Å². The molecular formula is C8H10FNO2S. The molecule has 72 valence electrons. The van der Waals surface area contributed by atoms with Crippen LogP contribution in [0.2, 0.25) is 0 Å². The zero-order valence-electron chi connectivity index (χ0n) is 6.90. The summed E-state index contributed by atoms with van der Waals surface area (Å²) in [5.41, 5.74) is 6.55. The molecule has 0 aliphatic carbocycles. The lowest BCUT2D eigenvalue weighted by Gasteiger charge is -2.00. The van der Waals surface area contributed by atoms with Crippen molar-refractivity contribution in [2.24, 2.45) is 5.73 Å². The van der Waals surface area contributed by atoms with E-state index in [1.54, 1.807) is 24.3 Å². The van der Waals surface area contributed by atoms with Crippen LogP contribution in [0.3, 0.4) is 0 Å². The Kier molecular flexibility index (Phi) is 3.00. The molecule has 2 N–H and O–H groups in total. The summed E-state index contributed by atoms with van der Waals surface area (Å²) in [5, 5.41) is 0. The van der Waals surface area contributed by atoms with Crippen LogP contribution in [0.1, 0.15) is 11.1 Å². The van der Waals surface area contributed by atoms with Crippen molar-refractivity contribution in [1.29, 1.82) is 0 Å². The highest BCUT2D eigenvalue weighted by Crippen LogP contribution is 2.09. The maximum Gasteiger partial charge on any atom is 0.306 e. The van der Waals surface area contributed by atoms with E-state index in [2.05, 4.69) is 0 Å². The summed E-state index contributed by atoms with van der Waals surface area (Å²) in [5.74, 6) is -0.582. The van der Waals surface area contributed by atoms with Gasteiger partial charge in [0, 0.05) is 6.54 Å². The van der Waals surface area contributed by atoms with E-state index in [4.69, 9.17) is 5.73 Å². The number of rotatable bonds is 3. The lowest BCUT2D eigenvalue weighted by Crippen LogP contribution is -2.00. The van der Waals surface area contributed by atoms with Crippen molar-refractivity contribution in [3.05, 3.63) is 35.4 Å². The molecule has 0 aliphatic rings. The summed E-state index contributed by atoms with van der Waals surface area (Å²) in [4.78, 5) is 0. The number of benzene rings is 1. The Morgan fingerprint density at radius 3 is 2.46 bits per heavy atom. The van der Waals surface area contributed by atoms with Crippen LogP contribution in [-0.2, 0) is 22.5 Å². The van der Waals surface area contributed by atoms with E-state index in [0.717, 1.165) is 5.56 Å². The Balaban J connectivity index is 2.90. The molecule has 3 nitrogen and oxygen atoms in total. The number of nitrogens with two attached hydrogens (primary N) is 1. The van der Waals surface area contributed by atoms with Crippen molar-refractivity contribution in [2.75, 3.05) is 0 Å². The molecule has 0 atom stereocenters. The van der Waals surface area contributed by atoms with Gasteiger partial charge < -0.3 is 5.73 Å². The summed E-state index contributed by atoms with van der Waals surface area (Å²) < 4.78 is 32.9. The molecule has 0 fully saturated rings. The molecule has 0 aromatic heterocycles. The minimum absolute atomic E-state index is 0.320. The van der Waals surface area contributed by atoms with Crippen molar-refractivity contribution in [3.8, 4) is 0 Å². The van der Waals surface area contributed by atoms with E-state index in [-0.39, 0.29) is 0 Å². The SMILES string of the molecule is NCc1cccc(CS(=O)(=O)F)c1. The van der Waals surface area contributed by atoms with E-state index in [1.165, 1.54) is 0 Å². The Morgan fingerprint density at radius 2 is 1.92 bits per heavy atom. The maximum absolute atomic E-state index is 12.3. The fraction of sp³-hybridized carbons (Fsp3) is 0.250. The molecule has 0 saturated heterocycles. The zero-order valence-corrected chi connectivity index (χ0v) is 7.72. The van der Waals surface area contributed by atoms with Gasteiger partial charge in [0.05, 0.1) is 0 Å². The lowest BCUT2D eigenvalue weighted by atomic mass is 10.1. The highest BCUT2D eigenvalue weighted by atomic mass is 32.3. The first-order valence-corrected chi connectivity index (χ1v) is 5.27. The van der Waals surface area contributed by atoms with Gasteiger partial charge in [-0.2, -0.15) is 8.42 Å². The Labute approximate surface area is 76.6 Å². The molecule has 1 aromatic carbocycles. The average Bonchev–Trinajstić information content (AvgIpc) is 2.01. The van der Waals surface area contributed by atoms with Gasteiger partial charge in [-0.25, -0.2) is 0 Å². The Bertz CT molecular complexity index is 389. The molecule has 1 aromatic rings. The smallest absolute Gasteiger partial charge is 0.306 e. The molecule has 0 radical (unpaired) electrons. The third-order valence-electron chi connectivity index (χ3n) is 1.57. The minimum Gasteiger partial charge on any atom is -0.326 e. The van der Waals surface area contributed by atoms with Crippen LogP contribution in [0.15, 0.2) is 24.3 Å². The molecule has 0 aliphatic heterocycles. The molecule has 0 heterocycles. The van der Waals surface area contributed by atoms with E-state index in [1.807, 2.05) is 0 Å². The third kappa shape index (κ3) is 3.52. The topological polar surface area (TPSA) is 60.2 Å². The van der Waals surface area contributed by atoms with E-state index in [9.17, 15) is 12.3 Å². The first-order chi connectivity index (χ1) is 6.01. The van der Waals surface area contributed by atoms with Crippen molar-refractivity contribution < 1.29 is 12.3 Å². The molecule has 0 amide bonds. The number of hydrogen-bond acceptors (Lipinski definition) is 3. The minimum atomic E-state index is -4.44. The third-order valence-corrected chi connectivity index (χ3v) is 2.24. The second kappa shape index (κ2) is 3.85. The largest absolute Gasteiger partial charge is 0.326 e. The quantitative estimate of drug-likeness (QED) is 0.744. The molecule has 5 heteroatoms. The van der Waals surface area contributed by atoms with Crippen LogP contribution >= 0.6 is 0 Å². The van der Waals surface area contributed by atoms with Gasteiger partial charge in [0.1, 0.15) is 5.75 Å². The van der Waals surface area contributed by atoms with Crippen LogP contribution in [-0.4, -0.2) is 8.42 Å². The van der Waals surface area contributed by atoms with Gasteiger partial charge in [0.25, 0.3) is 0 Å². The van der Waals surface area contributed by atoms with Gasteiger partial charge in [-0.3, -0.25) is 0 Å². The van der Waals surface area contributed by atoms with Crippen LogP contribution < -0.4 is 5.73 Å². The van der Waals surface area contributed by atoms with Crippen LogP contribution in [0.4, 0.5) is 3.89 Å². The van der Waals surface area contributed by atoms with Crippen molar-refractivity contribution in [2.45, 2.75) is 12.3 Å². The highest BCUT2D eigenvalue weighted by Gasteiger charge is 2.08. The fourth-order valence-corrected chi connectivity index (χ4v) is 1.62. The normalized spacial score (nSPS) is 11.5. The first kappa shape index (κ1) is 10.1. The van der Waals surface area contributed by atoms with Crippen LogP contribution in [0.25, 0.3) is 0 Å².